The largest absolute Gasteiger partial charge is 0.493 e. The highest BCUT2D eigenvalue weighted by Crippen LogP contribution is 2.26. The highest BCUT2D eigenvalue weighted by atomic mass is 16.5. The highest BCUT2D eigenvalue weighted by molar-refractivity contribution is 5.67. The number of rotatable bonds is 7. The Morgan fingerprint density at radius 3 is 2.79 bits per heavy atom. The summed E-state index contributed by atoms with van der Waals surface area (Å²) < 4.78 is 16.1. The molecule has 1 N–H and O–H groups in total. The van der Waals surface area contributed by atoms with E-state index < -0.39 is 0 Å². The molecule has 0 amide bonds. The fourth-order valence-electron chi connectivity index (χ4n) is 2.10. The molecular weight excluding hydrogens is 310 g/mol. The van der Waals surface area contributed by atoms with Gasteiger partial charge in [-0.05, 0) is 19.1 Å². The van der Waals surface area contributed by atoms with Crippen LogP contribution in [0.5, 0.6) is 11.5 Å². The average molecular weight is 327 g/mol. The third-order valence-electron chi connectivity index (χ3n) is 3.19. The molecule has 0 aliphatic carbocycles. The van der Waals surface area contributed by atoms with Gasteiger partial charge in [-0.2, -0.15) is 4.98 Å². The van der Waals surface area contributed by atoms with Crippen LogP contribution < -0.4 is 14.8 Å². The van der Waals surface area contributed by atoms with E-state index in [1.165, 1.54) is 6.33 Å². The van der Waals surface area contributed by atoms with Crippen LogP contribution in [0.3, 0.4) is 0 Å². The number of para-hydroxylation sites is 2. The molecule has 0 bridgehead atoms. The number of aromatic nitrogens is 4. The summed E-state index contributed by atoms with van der Waals surface area (Å²) in [5, 5.41) is 6.97. The van der Waals surface area contributed by atoms with Gasteiger partial charge in [0.15, 0.2) is 17.3 Å². The van der Waals surface area contributed by atoms with Gasteiger partial charge in [0.1, 0.15) is 24.3 Å². The number of hydrogen-bond acceptors (Lipinski definition) is 8. The number of hydrogen-bond donors (Lipinski definition) is 1. The van der Waals surface area contributed by atoms with Gasteiger partial charge < -0.3 is 19.3 Å². The van der Waals surface area contributed by atoms with E-state index in [0.29, 0.717) is 47.7 Å². The molecule has 0 saturated heterocycles. The molecule has 3 rings (SSSR count). The fourth-order valence-corrected chi connectivity index (χ4v) is 2.10. The first kappa shape index (κ1) is 15.7. The maximum Gasteiger partial charge on any atom is 0.263 e. The Balaban J connectivity index is 1.61. The predicted molar refractivity (Wildman–Crippen MR) is 87.0 cm³/mol. The first-order chi connectivity index (χ1) is 11.8. The number of benzene rings is 1. The van der Waals surface area contributed by atoms with Gasteiger partial charge in [0.2, 0.25) is 0 Å². The second kappa shape index (κ2) is 7.40. The molecule has 24 heavy (non-hydrogen) atoms. The van der Waals surface area contributed by atoms with Gasteiger partial charge in [-0.3, -0.25) is 0 Å². The average Bonchev–Trinajstić information content (AvgIpc) is 3.05. The molecule has 124 valence electrons. The van der Waals surface area contributed by atoms with Crippen molar-refractivity contribution < 1.29 is 14.0 Å². The molecule has 3 aromatic rings. The number of ether oxygens (including phenoxy) is 2. The number of nitrogens with one attached hydrogen (secondary N) is 1. The molecule has 0 atom stereocenters. The SMILES string of the molecule is COc1ccccc1OCCNc1ncncc1-c1nc(C)no1. The van der Waals surface area contributed by atoms with Gasteiger partial charge in [0.25, 0.3) is 5.89 Å². The normalized spacial score (nSPS) is 10.4. The Bertz CT molecular complexity index is 806. The van der Waals surface area contributed by atoms with Crippen molar-refractivity contribution in [1.29, 1.82) is 0 Å². The third-order valence-corrected chi connectivity index (χ3v) is 3.19. The monoisotopic (exact) mass is 327 g/mol. The van der Waals surface area contributed by atoms with Gasteiger partial charge in [0, 0.05) is 6.20 Å². The van der Waals surface area contributed by atoms with E-state index in [9.17, 15) is 0 Å². The van der Waals surface area contributed by atoms with Gasteiger partial charge in [-0.25, -0.2) is 9.97 Å². The minimum Gasteiger partial charge on any atom is -0.493 e. The number of anilines is 1. The molecule has 0 aliphatic rings. The van der Waals surface area contributed by atoms with Crippen LogP contribution in [-0.2, 0) is 0 Å². The highest BCUT2D eigenvalue weighted by Gasteiger charge is 2.13. The van der Waals surface area contributed by atoms with Crippen molar-refractivity contribution in [3.8, 4) is 23.0 Å². The summed E-state index contributed by atoms with van der Waals surface area (Å²) >= 11 is 0. The van der Waals surface area contributed by atoms with Crippen molar-refractivity contribution in [2.75, 3.05) is 25.6 Å². The van der Waals surface area contributed by atoms with E-state index >= 15 is 0 Å². The lowest BCUT2D eigenvalue weighted by Gasteiger charge is -2.11. The molecule has 8 heteroatoms. The molecule has 0 fully saturated rings. The van der Waals surface area contributed by atoms with E-state index in [-0.39, 0.29) is 0 Å². The molecule has 8 nitrogen and oxygen atoms in total. The molecule has 0 unspecified atom stereocenters. The standard InChI is InChI=1S/C16H17N5O3/c1-11-20-16(24-21-11)12-9-17-10-19-15(12)18-7-8-23-14-6-4-3-5-13(14)22-2/h3-6,9-10H,7-8H2,1-2H3,(H,17,18,19). The van der Waals surface area contributed by atoms with Crippen LogP contribution in [0, 0.1) is 6.92 Å². The van der Waals surface area contributed by atoms with Crippen LogP contribution >= 0.6 is 0 Å². The maximum absolute atomic E-state index is 5.72. The minimum absolute atomic E-state index is 0.376. The second-order valence-corrected chi connectivity index (χ2v) is 4.86. The lowest BCUT2D eigenvalue weighted by atomic mass is 10.3. The fraction of sp³-hybridized carbons (Fsp3) is 0.250. The van der Waals surface area contributed by atoms with Crippen LogP contribution in [0.15, 0.2) is 41.3 Å². The van der Waals surface area contributed by atoms with Crippen LogP contribution in [0.2, 0.25) is 0 Å². The first-order valence-corrected chi connectivity index (χ1v) is 7.38. The van der Waals surface area contributed by atoms with Crippen LogP contribution in [0.4, 0.5) is 5.82 Å². The van der Waals surface area contributed by atoms with Crippen molar-refractivity contribution in [3.05, 3.63) is 42.6 Å². The second-order valence-electron chi connectivity index (χ2n) is 4.86. The Kier molecular flexibility index (Phi) is 4.85. The molecule has 0 aliphatic heterocycles. The molecule has 0 saturated carbocycles. The Labute approximate surface area is 138 Å². The number of nitrogens with zero attached hydrogens (tertiary/aromatic N) is 4. The van der Waals surface area contributed by atoms with E-state index in [2.05, 4.69) is 25.4 Å². The maximum atomic E-state index is 5.72. The van der Waals surface area contributed by atoms with E-state index in [1.807, 2.05) is 24.3 Å². The zero-order chi connectivity index (χ0) is 16.8. The summed E-state index contributed by atoms with van der Waals surface area (Å²) in [5.74, 6) is 2.93. The Hall–Kier alpha value is -3.16. The van der Waals surface area contributed by atoms with Gasteiger partial charge in [-0.1, -0.05) is 17.3 Å². The minimum atomic E-state index is 0.376. The Morgan fingerprint density at radius 2 is 2.04 bits per heavy atom. The zero-order valence-electron chi connectivity index (χ0n) is 13.4. The third kappa shape index (κ3) is 3.60. The van der Waals surface area contributed by atoms with E-state index in [4.69, 9.17) is 14.0 Å². The first-order valence-electron chi connectivity index (χ1n) is 7.38. The summed E-state index contributed by atoms with van der Waals surface area (Å²) in [6.45, 7) is 2.73. The topological polar surface area (TPSA) is 95.2 Å². The van der Waals surface area contributed by atoms with Crippen molar-refractivity contribution >= 4 is 5.82 Å². The predicted octanol–water partition coefficient (Wildman–Crippen LogP) is 2.33. The smallest absolute Gasteiger partial charge is 0.263 e. The van der Waals surface area contributed by atoms with Gasteiger partial charge >= 0.3 is 0 Å². The lowest BCUT2D eigenvalue weighted by molar-refractivity contribution is 0.306. The summed E-state index contributed by atoms with van der Waals surface area (Å²) in [5.41, 5.74) is 0.649. The summed E-state index contributed by atoms with van der Waals surface area (Å²) in [6.07, 6.45) is 3.08. The van der Waals surface area contributed by atoms with E-state index in [1.54, 1.807) is 20.2 Å². The summed E-state index contributed by atoms with van der Waals surface area (Å²) in [6, 6.07) is 7.49. The van der Waals surface area contributed by atoms with Crippen molar-refractivity contribution in [1.82, 2.24) is 20.1 Å². The molecule has 0 radical (unpaired) electrons. The van der Waals surface area contributed by atoms with E-state index in [0.717, 1.165) is 0 Å². The molecular formula is C16H17N5O3. The molecule has 0 spiro atoms. The number of aryl methyl sites for hydroxylation is 1. The van der Waals surface area contributed by atoms with Crippen LogP contribution in [0.1, 0.15) is 5.82 Å². The molecule has 2 aromatic heterocycles. The summed E-state index contributed by atoms with van der Waals surface area (Å²) in [7, 11) is 1.61. The Morgan fingerprint density at radius 1 is 1.21 bits per heavy atom. The van der Waals surface area contributed by atoms with Gasteiger partial charge in [0.05, 0.1) is 13.7 Å². The molecule has 1 aromatic carbocycles. The lowest BCUT2D eigenvalue weighted by Crippen LogP contribution is -2.13. The summed E-state index contributed by atoms with van der Waals surface area (Å²) in [4.78, 5) is 12.4. The van der Waals surface area contributed by atoms with Gasteiger partial charge in [-0.15, -0.1) is 0 Å². The van der Waals surface area contributed by atoms with Crippen molar-refractivity contribution in [2.45, 2.75) is 6.92 Å². The molecule has 2 heterocycles. The van der Waals surface area contributed by atoms with Crippen LogP contribution in [0.25, 0.3) is 11.5 Å². The number of methoxy groups -OCH3 is 1. The quantitative estimate of drug-likeness (QED) is 0.661. The van der Waals surface area contributed by atoms with Crippen molar-refractivity contribution in [3.63, 3.8) is 0 Å². The van der Waals surface area contributed by atoms with Crippen LogP contribution in [-0.4, -0.2) is 40.4 Å². The van der Waals surface area contributed by atoms with Crippen molar-refractivity contribution in [2.24, 2.45) is 0 Å². The zero-order valence-corrected chi connectivity index (χ0v) is 13.4.